The van der Waals surface area contributed by atoms with Crippen molar-refractivity contribution in [1.82, 2.24) is 14.9 Å². The Balaban J connectivity index is 1.45. The third-order valence-corrected chi connectivity index (χ3v) is 5.44. The molecule has 1 aromatic heterocycles. The summed E-state index contributed by atoms with van der Waals surface area (Å²) >= 11 is 0. The van der Waals surface area contributed by atoms with Crippen LogP contribution in [-0.2, 0) is 9.53 Å². The van der Waals surface area contributed by atoms with Gasteiger partial charge in [0.25, 0.3) is 5.56 Å². The number of H-pyrrole nitrogens is 1. The first-order valence-corrected chi connectivity index (χ1v) is 9.89. The van der Waals surface area contributed by atoms with Crippen LogP contribution in [0.1, 0.15) is 18.3 Å². The van der Waals surface area contributed by atoms with Crippen LogP contribution >= 0.6 is 0 Å². The summed E-state index contributed by atoms with van der Waals surface area (Å²) in [6.07, 6.45) is -0.648. The van der Waals surface area contributed by atoms with E-state index in [-0.39, 0.29) is 40.4 Å². The summed E-state index contributed by atoms with van der Waals surface area (Å²) in [5.41, 5.74) is 0.969. The van der Waals surface area contributed by atoms with E-state index in [9.17, 15) is 14.7 Å². The largest absolute Gasteiger partial charge is 0.506 e. The maximum atomic E-state index is 12.9. The molecule has 0 spiro atoms. The molecule has 1 amide bonds. The number of piperazine rings is 1. The molecule has 2 aromatic carbocycles. The lowest BCUT2D eigenvalue weighted by Gasteiger charge is -2.36. The van der Waals surface area contributed by atoms with Crippen LogP contribution in [0.4, 0.5) is 5.69 Å². The molecule has 2 heterocycles. The Bertz CT molecular complexity index is 1090. The Morgan fingerprint density at radius 2 is 1.87 bits per heavy atom. The fraction of sp³-hybridized carbons (Fsp3) is 0.318. The van der Waals surface area contributed by atoms with Crippen molar-refractivity contribution in [2.75, 3.05) is 38.2 Å². The first kappa shape index (κ1) is 19.9. The van der Waals surface area contributed by atoms with Crippen LogP contribution < -0.4 is 10.5 Å². The van der Waals surface area contributed by atoms with E-state index in [0.29, 0.717) is 13.1 Å². The molecule has 0 radical (unpaired) electrons. The van der Waals surface area contributed by atoms with E-state index in [4.69, 9.17) is 4.74 Å². The second-order valence-corrected chi connectivity index (χ2v) is 7.26. The summed E-state index contributed by atoms with van der Waals surface area (Å²) in [7, 11) is 1.47. The molecular formula is C22H24N4O4. The highest BCUT2D eigenvalue weighted by molar-refractivity contribution is 5.83. The Morgan fingerprint density at radius 3 is 2.57 bits per heavy atom. The number of methoxy groups -OCH3 is 1. The number of aromatic amines is 1. The van der Waals surface area contributed by atoms with Gasteiger partial charge >= 0.3 is 0 Å². The number of nitrogens with zero attached hydrogens (tertiary/aromatic N) is 3. The number of phenols is 1. The monoisotopic (exact) mass is 408 g/mol. The summed E-state index contributed by atoms with van der Waals surface area (Å²) in [4.78, 5) is 36.3. The van der Waals surface area contributed by atoms with Gasteiger partial charge in [-0.25, -0.2) is 4.98 Å². The van der Waals surface area contributed by atoms with Crippen molar-refractivity contribution in [3.63, 3.8) is 0 Å². The molecule has 30 heavy (non-hydrogen) atoms. The maximum Gasteiger partial charge on any atom is 0.258 e. The van der Waals surface area contributed by atoms with Gasteiger partial charge in [-0.1, -0.05) is 24.3 Å². The van der Waals surface area contributed by atoms with Crippen LogP contribution in [0, 0.1) is 0 Å². The third-order valence-electron chi connectivity index (χ3n) is 5.44. The number of para-hydroxylation sites is 2. The number of fused-ring (bicyclic) bond motifs is 1. The summed E-state index contributed by atoms with van der Waals surface area (Å²) in [6, 6.07) is 14.8. The molecular weight excluding hydrogens is 384 g/mol. The van der Waals surface area contributed by atoms with E-state index in [0.717, 1.165) is 18.8 Å². The molecule has 1 saturated heterocycles. The van der Waals surface area contributed by atoms with Crippen LogP contribution in [0.25, 0.3) is 10.9 Å². The van der Waals surface area contributed by atoms with Gasteiger partial charge in [-0.3, -0.25) is 9.59 Å². The number of aromatic nitrogens is 2. The number of nitrogens with one attached hydrogen (secondary N) is 1. The number of carbonyl (C=O) groups is 1. The molecule has 8 heteroatoms. The Kier molecular flexibility index (Phi) is 5.67. The Morgan fingerprint density at radius 1 is 1.13 bits per heavy atom. The van der Waals surface area contributed by atoms with E-state index >= 15 is 0 Å². The number of carbonyl (C=O) groups excluding carboxylic acids is 1. The van der Waals surface area contributed by atoms with E-state index in [1.807, 2.05) is 23.1 Å². The van der Waals surface area contributed by atoms with Crippen LogP contribution in [-0.4, -0.2) is 59.2 Å². The lowest BCUT2D eigenvalue weighted by atomic mass is 10.1. The van der Waals surface area contributed by atoms with Gasteiger partial charge in [-0.05, 0) is 24.3 Å². The fourth-order valence-electron chi connectivity index (χ4n) is 3.75. The van der Waals surface area contributed by atoms with Crippen LogP contribution in [0.5, 0.6) is 5.75 Å². The van der Waals surface area contributed by atoms with Gasteiger partial charge in [0.15, 0.2) is 0 Å². The zero-order valence-corrected chi connectivity index (χ0v) is 16.7. The molecule has 4 rings (SSSR count). The Labute approximate surface area is 173 Å². The molecule has 156 valence electrons. The van der Waals surface area contributed by atoms with Gasteiger partial charge in [0.2, 0.25) is 5.91 Å². The van der Waals surface area contributed by atoms with Gasteiger partial charge < -0.3 is 24.6 Å². The average molecular weight is 408 g/mol. The average Bonchev–Trinajstić information content (AvgIpc) is 2.78. The highest BCUT2D eigenvalue weighted by Crippen LogP contribution is 2.24. The van der Waals surface area contributed by atoms with E-state index in [1.54, 1.807) is 12.1 Å². The minimum atomic E-state index is -0.707. The van der Waals surface area contributed by atoms with Crippen molar-refractivity contribution in [2.24, 2.45) is 0 Å². The molecule has 8 nitrogen and oxygen atoms in total. The molecule has 1 atom stereocenters. The second kappa shape index (κ2) is 8.54. The highest BCUT2D eigenvalue weighted by atomic mass is 16.5. The van der Waals surface area contributed by atoms with Crippen molar-refractivity contribution >= 4 is 22.5 Å². The molecule has 3 aromatic rings. The highest BCUT2D eigenvalue weighted by Gasteiger charge is 2.26. The van der Waals surface area contributed by atoms with Crippen molar-refractivity contribution < 1.29 is 14.6 Å². The van der Waals surface area contributed by atoms with Gasteiger partial charge in [0, 0.05) is 39.0 Å². The van der Waals surface area contributed by atoms with Crippen molar-refractivity contribution in [2.45, 2.75) is 12.5 Å². The van der Waals surface area contributed by atoms with Crippen LogP contribution in [0.15, 0.2) is 53.3 Å². The number of benzene rings is 2. The predicted molar refractivity (Wildman–Crippen MR) is 114 cm³/mol. The fourth-order valence-corrected chi connectivity index (χ4v) is 3.75. The second-order valence-electron chi connectivity index (χ2n) is 7.26. The van der Waals surface area contributed by atoms with E-state index in [2.05, 4.69) is 27.0 Å². The van der Waals surface area contributed by atoms with Crippen molar-refractivity contribution in [3.8, 4) is 5.75 Å². The first-order chi connectivity index (χ1) is 14.6. The lowest BCUT2D eigenvalue weighted by Crippen LogP contribution is -2.49. The number of hydrogen-bond acceptors (Lipinski definition) is 6. The predicted octanol–water partition coefficient (Wildman–Crippen LogP) is 2.06. The third kappa shape index (κ3) is 3.99. The van der Waals surface area contributed by atoms with Gasteiger partial charge in [0.05, 0.1) is 11.8 Å². The van der Waals surface area contributed by atoms with Crippen LogP contribution in [0.2, 0.25) is 0 Å². The molecule has 1 fully saturated rings. The number of phenolic OH excluding ortho intramolecular Hbond substituents is 1. The maximum absolute atomic E-state index is 12.9. The number of rotatable bonds is 5. The zero-order valence-electron chi connectivity index (χ0n) is 16.7. The number of anilines is 1. The van der Waals surface area contributed by atoms with Crippen molar-refractivity contribution in [3.05, 3.63) is 64.7 Å². The number of ether oxygens (including phenoxy) is 1. The summed E-state index contributed by atoms with van der Waals surface area (Å²) in [5, 5.41) is 10.3. The zero-order chi connectivity index (χ0) is 21.1. The normalized spacial score (nSPS) is 15.4. The van der Waals surface area contributed by atoms with Gasteiger partial charge in [0.1, 0.15) is 23.2 Å². The summed E-state index contributed by atoms with van der Waals surface area (Å²) in [5.74, 6) is 0.0837. The minimum absolute atomic E-state index is 0.0594. The standard InChI is InChI=1S/C22H24N4O4/c1-30-18(21-23-20-16(22(29)24-21)8-5-9-17(20)27)14-19(28)26-12-10-25(11-13-26)15-6-3-2-4-7-15/h2-9,18,27H,10-14H2,1H3,(H,23,24,29). The van der Waals surface area contributed by atoms with Gasteiger partial charge in [-0.15, -0.1) is 0 Å². The quantitative estimate of drug-likeness (QED) is 0.671. The molecule has 0 bridgehead atoms. The van der Waals surface area contributed by atoms with E-state index < -0.39 is 6.10 Å². The molecule has 2 N–H and O–H groups in total. The number of hydrogen-bond donors (Lipinski definition) is 2. The SMILES string of the molecule is COC(CC(=O)N1CCN(c2ccccc2)CC1)c1nc2c(O)cccc2c(=O)[nH]1. The summed E-state index contributed by atoms with van der Waals surface area (Å²) in [6.45, 7) is 2.75. The van der Waals surface area contributed by atoms with Crippen molar-refractivity contribution in [1.29, 1.82) is 0 Å². The molecule has 1 aliphatic heterocycles. The Hall–Kier alpha value is -3.39. The minimum Gasteiger partial charge on any atom is -0.506 e. The molecule has 0 saturated carbocycles. The van der Waals surface area contributed by atoms with Gasteiger partial charge in [-0.2, -0.15) is 0 Å². The van der Waals surface area contributed by atoms with E-state index in [1.165, 1.54) is 13.2 Å². The first-order valence-electron chi connectivity index (χ1n) is 9.89. The smallest absolute Gasteiger partial charge is 0.258 e. The number of amides is 1. The van der Waals surface area contributed by atoms with Crippen LogP contribution in [0.3, 0.4) is 0 Å². The topological polar surface area (TPSA) is 98.8 Å². The number of aromatic hydroxyl groups is 1. The molecule has 1 unspecified atom stereocenters. The lowest BCUT2D eigenvalue weighted by molar-refractivity contribution is -0.134. The molecule has 1 aliphatic rings. The summed E-state index contributed by atoms with van der Waals surface area (Å²) < 4.78 is 5.46. The molecule has 0 aliphatic carbocycles.